The van der Waals surface area contributed by atoms with E-state index in [-0.39, 0.29) is 5.91 Å². The van der Waals surface area contributed by atoms with Crippen molar-refractivity contribution in [1.82, 2.24) is 5.32 Å². The summed E-state index contributed by atoms with van der Waals surface area (Å²) >= 11 is 0. The van der Waals surface area contributed by atoms with E-state index < -0.39 is 0 Å². The van der Waals surface area contributed by atoms with Crippen molar-refractivity contribution >= 4 is 11.6 Å². The van der Waals surface area contributed by atoms with Crippen LogP contribution in [-0.4, -0.2) is 25.5 Å². The van der Waals surface area contributed by atoms with Crippen molar-refractivity contribution in [3.05, 3.63) is 42.5 Å². The predicted octanol–water partition coefficient (Wildman–Crippen LogP) is 1.36. The largest absolute Gasteiger partial charge is 0.385 e. The lowest BCUT2D eigenvalue weighted by Gasteiger charge is -2.06. The van der Waals surface area contributed by atoms with Gasteiger partial charge in [-0.3, -0.25) is 4.79 Å². The Labute approximate surface area is 102 Å². The highest BCUT2D eigenvalue weighted by Crippen LogP contribution is 2.09. The Bertz CT molecular complexity index is 359. The Morgan fingerprint density at radius 1 is 1.35 bits per heavy atom. The maximum absolute atomic E-state index is 11.6. The van der Waals surface area contributed by atoms with Crippen molar-refractivity contribution in [2.75, 3.05) is 25.0 Å². The van der Waals surface area contributed by atoms with Gasteiger partial charge in [-0.15, -0.1) is 6.58 Å². The van der Waals surface area contributed by atoms with Crippen LogP contribution in [0, 0.1) is 0 Å². The second-order valence-electron chi connectivity index (χ2n) is 3.65. The Hall–Kier alpha value is -1.81. The molecule has 0 saturated carbocycles. The van der Waals surface area contributed by atoms with E-state index in [9.17, 15) is 4.79 Å². The normalized spacial score (nSPS) is 9.71. The molecule has 0 saturated heterocycles. The second kappa shape index (κ2) is 7.46. The smallest absolute Gasteiger partial charge is 0.251 e. The van der Waals surface area contributed by atoms with E-state index in [1.54, 1.807) is 18.2 Å². The molecule has 0 bridgehead atoms. The average Bonchev–Trinajstić information content (AvgIpc) is 2.37. The van der Waals surface area contributed by atoms with Gasteiger partial charge in [0.2, 0.25) is 0 Å². The molecule has 0 aromatic heterocycles. The van der Waals surface area contributed by atoms with E-state index in [1.165, 1.54) is 0 Å². The number of rotatable bonds is 7. The molecule has 4 nitrogen and oxygen atoms in total. The molecule has 0 spiro atoms. The Balaban J connectivity index is 2.49. The molecule has 92 valence electrons. The molecule has 1 rings (SSSR count). The third-order valence-corrected chi connectivity index (χ3v) is 2.26. The van der Waals surface area contributed by atoms with Crippen molar-refractivity contribution in [1.29, 1.82) is 0 Å². The van der Waals surface area contributed by atoms with Crippen molar-refractivity contribution in [2.24, 2.45) is 5.73 Å². The van der Waals surface area contributed by atoms with Crippen LogP contribution < -0.4 is 16.4 Å². The standard InChI is InChI=1S/C13H19N3O/c1-2-9-16-13(17)11-4-6-12(7-5-11)15-10-3-8-14/h2,4-7,15H,1,3,8-10,14H2,(H,16,17). The fourth-order valence-electron chi connectivity index (χ4n) is 1.34. The summed E-state index contributed by atoms with van der Waals surface area (Å²) in [4.78, 5) is 11.6. The van der Waals surface area contributed by atoms with Crippen molar-refractivity contribution < 1.29 is 4.79 Å². The Morgan fingerprint density at radius 3 is 2.65 bits per heavy atom. The van der Waals surface area contributed by atoms with Gasteiger partial charge in [0.25, 0.3) is 5.91 Å². The maximum Gasteiger partial charge on any atom is 0.251 e. The molecular formula is C13H19N3O. The quantitative estimate of drug-likeness (QED) is 0.492. The number of hydrogen-bond acceptors (Lipinski definition) is 3. The van der Waals surface area contributed by atoms with Gasteiger partial charge in [0.1, 0.15) is 0 Å². The summed E-state index contributed by atoms with van der Waals surface area (Å²) in [5.74, 6) is -0.0848. The van der Waals surface area contributed by atoms with E-state index >= 15 is 0 Å². The minimum atomic E-state index is -0.0848. The topological polar surface area (TPSA) is 67.2 Å². The van der Waals surface area contributed by atoms with Gasteiger partial charge in [-0.1, -0.05) is 6.08 Å². The zero-order valence-electron chi connectivity index (χ0n) is 9.91. The minimum absolute atomic E-state index is 0.0848. The van der Waals surface area contributed by atoms with E-state index in [4.69, 9.17) is 5.73 Å². The number of nitrogens with one attached hydrogen (secondary N) is 2. The lowest BCUT2D eigenvalue weighted by molar-refractivity contribution is 0.0958. The van der Waals surface area contributed by atoms with Gasteiger partial charge in [-0.2, -0.15) is 0 Å². The molecule has 0 heterocycles. The third kappa shape index (κ3) is 4.70. The molecule has 1 aromatic rings. The number of nitrogens with two attached hydrogens (primary N) is 1. The van der Waals surface area contributed by atoms with Gasteiger partial charge < -0.3 is 16.4 Å². The SMILES string of the molecule is C=CCNC(=O)c1ccc(NCCCN)cc1. The molecule has 1 amide bonds. The molecule has 0 fully saturated rings. The molecule has 0 aliphatic carbocycles. The van der Waals surface area contributed by atoms with Gasteiger partial charge in [0.05, 0.1) is 0 Å². The van der Waals surface area contributed by atoms with Crippen LogP contribution in [0.25, 0.3) is 0 Å². The zero-order chi connectivity index (χ0) is 12.5. The van der Waals surface area contributed by atoms with E-state index in [0.717, 1.165) is 18.7 Å². The first-order valence-electron chi connectivity index (χ1n) is 5.71. The first-order valence-corrected chi connectivity index (χ1v) is 5.71. The first-order chi connectivity index (χ1) is 8.27. The fraction of sp³-hybridized carbons (Fsp3) is 0.308. The summed E-state index contributed by atoms with van der Waals surface area (Å²) in [6.45, 7) is 5.55. The third-order valence-electron chi connectivity index (χ3n) is 2.26. The van der Waals surface area contributed by atoms with E-state index in [1.807, 2.05) is 12.1 Å². The van der Waals surface area contributed by atoms with Crippen LogP contribution in [0.3, 0.4) is 0 Å². The molecule has 0 aliphatic heterocycles. The second-order valence-corrected chi connectivity index (χ2v) is 3.65. The molecule has 17 heavy (non-hydrogen) atoms. The molecular weight excluding hydrogens is 214 g/mol. The molecule has 0 aliphatic rings. The summed E-state index contributed by atoms with van der Waals surface area (Å²) in [6, 6.07) is 7.37. The van der Waals surface area contributed by atoms with Crippen LogP contribution in [0.1, 0.15) is 16.8 Å². The molecule has 4 N–H and O–H groups in total. The van der Waals surface area contributed by atoms with Crippen LogP contribution in [0.4, 0.5) is 5.69 Å². The molecule has 4 heteroatoms. The number of carbonyl (C=O) groups excluding carboxylic acids is 1. The fourth-order valence-corrected chi connectivity index (χ4v) is 1.34. The first kappa shape index (κ1) is 13.3. The summed E-state index contributed by atoms with van der Waals surface area (Å²) in [5.41, 5.74) is 7.05. The Kier molecular flexibility index (Phi) is 5.82. The summed E-state index contributed by atoms with van der Waals surface area (Å²) in [6.07, 6.45) is 2.59. The highest BCUT2D eigenvalue weighted by Gasteiger charge is 2.02. The van der Waals surface area contributed by atoms with Gasteiger partial charge in [0.15, 0.2) is 0 Å². The number of hydrogen-bond donors (Lipinski definition) is 3. The average molecular weight is 233 g/mol. The van der Waals surface area contributed by atoms with E-state index in [2.05, 4.69) is 17.2 Å². The van der Waals surface area contributed by atoms with Crippen LogP contribution in [-0.2, 0) is 0 Å². The van der Waals surface area contributed by atoms with Crippen LogP contribution >= 0.6 is 0 Å². The molecule has 0 unspecified atom stereocenters. The Morgan fingerprint density at radius 2 is 2.06 bits per heavy atom. The minimum Gasteiger partial charge on any atom is -0.385 e. The van der Waals surface area contributed by atoms with Crippen LogP contribution in [0.15, 0.2) is 36.9 Å². The monoisotopic (exact) mass is 233 g/mol. The van der Waals surface area contributed by atoms with Gasteiger partial charge in [-0.05, 0) is 37.2 Å². The molecule has 0 atom stereocenters. The predicted molar refractivity (Wildman–Crippen MR) is 71.1 cm³/mol. The van der Waals surface area contributed by atoms with Crippen molar-refractivity contribution in [3.8, 4) is 0 Å². The number of benzene rings is 1. The van der Waals surface area contributed by atoms with Crippen molar-refractivity contribution in [2.45, 2.75) is 6.42 Å². The summed E-state index contributed by atoms with van der Waals surface area (Å²) < 4.78 is 0. The number of anilines is 1. The summed E-state index contributed by atoms with van der Waals surface area (Å²) in [5, 5.41) is 5.95. The summed E-state index contributed by atoms with van der Waals surface area (Å²) in [7, 11) is 0. The van der Waals surface area contributed by atoms with E-state index in [0.29, 0.717) is 18.7 Å². The molecule has 1 aromatic carbocycles. The van der Waals surface area contributed by atoms with Crippen molar-refractivity contribution in [3.63, 3.8) is 0 Å². The molecule has 0 radical (unpaired) electrons. The lowest BCUT2D eigenvalue weighted by atomic mass is 10.2. The number of carbonyl (C=O) groups is 1. The zero-order valence-corrected chi connectivity index (χ0v) is 9.91. The van der Waals surface area contributed by atoms with Crippen LogP contribution in [0.5, 0.6) is 0 Å². The van der Waals surface area contributed by atoms with Gasteiger partial charge in [-0.25, -0.2) is 0 Å². The highest BCUT2D eigenvalue weighted by atomic mass is 16.1. The lowest BCUT2D eigenvalue weighted by Crippen LogP contribution is -2.23. The number of amides is 1. The van der Waals surface area contributed by atoms with Crippen LogP contribution in [0.2, 0.25) is 0 Å². The van der Waals surface area contributed by atoms with Gasteiger partial charge in [0, 0.05) is 24.3 Å². The highest BCUT2D eigenvalue weighted by molar-refractivity contribution is 5.94. The maximum atomic E-state index is 11.6. The van der Waals surface area contributed by atoms with Gasteiger partial charge >= 0.3 is 0 Å².